The summed E-state index contributed by atoms with van der Waals surface area (Å²) in [5.74, 6) is 0. The Morgan fingerprint density at radius 1 is 1.11 bits per heavy atom. The fourth-order valence-corrected chi connectivity index (χ4v) is 2.37. The Hall–Kier alpha value is -1.55. The molecule has 2 rings (SSSR count). The van der Waals surface area contributed by atoms with Crippen molar-refractivity contribution in [3.8, 4) is 0 Å². The third-order valence-corrected chi connectivity index (χ3v) is 3.45. The van der Waals surface area contributed by atoms with Crippen LogP contribution in [0.2, 0.25) is 0 Å². The first-order valence-electron chi connectivity index (χ1n) is 6.96. The lowest BCUT2D eigenvalue weighted by Crippen LogP contribution is -2.33. The zero-order chi connectivity index (χ0) is 13.5. The Bertz CT molecular complexity index is 394. The Balaban J connectivity index is 1.86. The van der Waals surface area contributed by atoms with Gasteiger partial charge in [0, 0.05) is 5.69 Å². The molecule has 0 aliphatic heterocycles. The summed E-state index contributed by atoms with van der Waals surface area (Å²) in [6, 6.07) is 9.18. The summed E-state index contributed by atoms with van der Waals surface area (Å²) >= 11 is 0. The number of anilines is 1. The van der Waals surface area contributed by atoms with Crippen LogP contribution in [0.5, 0.6) is 0 Å². The highest BCUT2D eigenvalue weighted by Crippen LogP contribution is 2.20. The van der Waals surface area contributed by atoms with Gasteiger partial charge in [-0.25, -0.2) is 4.79 Å². The molecule has 0 saturated heterocycles. The maximum Gasteiger partial charge on any atom is 0.411 e. The van der Waals surface area contributed by atoms with Crippen LogP contribution in [0.1, 0.15) is 38.5 Å². The summed E-state index contributed by atoms with van der Waals surface area (Å²) in [6.07, 6.45) is 4.34. The second-order valence-electron chi connectivity index (χ2n) is 4.99. The number of aliphatic hydroxyl groups excluding tert-OH is 1. The minimum atomic E-state index is -0.540. The van der Waals surface area contributed by atoms with E-state index in [1.807, 2.05) is 18.2 Å². The van der Waals surface area contributed by atoms with Crippen molar-refractivity contribution in [1.29, 1.82) is 0 Å². The zero-order valence-corrected chi connectivity index (χ0v) is 11.0. The molecular weight excluding hydrogens is 242 g/mol. The van der Waals surface area contributed by atoms with Gasteiger partial charge in [0.05, 0.1) is 6.10 Å². The predicted molar refractivity (Wildman–Crippen MR) is 74.0 cm³/mol. The highest BCUT2D eigenvalue weighted by Gasteiger charge is 2.24. The van der Waals surface area contributed by atoms with E-state index in [-0.39, 0.29) is 6.10 Å². The predicted octanol–water partition coefficient (Wildman–Crippen LogP) is 3.32. The third kappa shape index (κ3) is 4.56. The van der Waals surface area contributed by atoms with Crippen molar-refractivity contribution in [2.75, 3.05) is 5.32 Å². The van der Waals surface area contributed by atoms with E-state index >= 15 is 0 Å². The minimum absolute atomic E-state index is 0.385. The molecule has 2 N–H and O–H groups in total. The number of nitrogens with one attached hydrogen (secondary N) is 1. The number of para-hydroxylation sites is 1. The molecule has 0 spiro atoms. The van der Waals surface area contributed by atoms with E-state index in [2.05, 4.69) is 5.32 Å². The molecule has 0 aromatic heterocycles. The van der Waals surface area contributed by atoms with Crippen LogP contribution >= 0.6 is 0 Å². The van der Waals surface area contributed by atoms with Crippen LogP contribution in [0.25, 0.3) is 0 Å². The number of aliphatic hydroxyl groups is 1. The van der Waals surface area contributed by atoms with Crippen LogP contribution in [0, 0.1) is 0 Å². The van der Waals surface area contributed by atoms with Gasteiger partial charge in [0.25, 0.3) is 0 Å². The lowest BCUT2D eigenvalue weighted by Gasteiger charge is -2.25. The molecule has 1 aliphatic rings. The summed E-state index contributed by atoms with van der Waals surface area (Å²) in [7, 11) is 0. The highest BCUT2D eigenvalue weighted by molar-refractivity contribution is 5.84. The molecular formula is C15H21NO3. The largest absolute Gasteiger partial charge is 0.443 e. The number of benzene rings is 1. The Morgan fingerprint density at radius 3 is 2.53 bits per heavy atom. The number of ether oxygens (including phenoxy) is 1. The molecule has 1 fully saturated rings. The Labute approximate surface area is 113 Å². The number of amides is 1. The average Bonchev–Trinajstić information content (AvgIpc) is 2.40. The molecule has 4 heteroatoms. The minimum Gasteiger partial charge on any atom is -0.443 e. The number of hydrogen-bond acceptors (Lipinski definition) is 3. The van der Waals surface area contributed by atoms with E-state index in [4.69, 9.17) is 4.74 Å². The summed E-state index contributed by atoms with van der Waals surface area (Å²) in [6.45, 7) is 0. The van der Waals surface area contributed by atoms with Gasteiger partial charge in [-0.05, 0) is 31.4 Å². The number of rotatable bonds is 2. The standard InChI is InChI=1S/C15H21NO3/c17-13-10-6-1-2-7-11-14(13)19-15(18)16-12-8-4-3-5-9-12/h3-5,8-9,13-14,17H,1-2,6-7,10-11H2,(H,16,18)/t13-,14+/m1/s1. The number of carbonyl (C=O) groups excluding carboxylic acids is 1. The van der Waals surface area contributed by atoms with E-state index in [1.165, 1.54) is 0 Å². The average molecular weight is 263 g/mol. The fraction of sp³-hybridized carbons (Fsp3) is 0.533. The number of carbonyl (C=O) groups is 1. The fourth-order valence-electron chi connectivity index (χ4n) is 2.37. The normalized spacial score (nSPS) is 24.1. The SMILES string of the molecule is O=C(Nc1ccccc1)O[C@H]1CCCCCC[C@H]1O. The molecule has 1 saturated carbocycles. The van der Waals surface area contributed by atoms with Crippen molar-refractivity contribution >= 4 is 11.8 Å². The lowest BCUT2D eigenvalue weighted by molar-refractivity contribution is -0.00610. The smallest absolute Gasteiger partial charge is 0.411 e. The van der Waals surface area contributed by atoms with Gasteiger partial charge in [0.1, 0.15) is 6.10 Å². The van der Waals surface area contributed by atoms with Crippen LogP contribution in [0.3, 0.4) is 0 Å². The lowest BCUT2D eigenvalue weighted by atomic mass is 9.96. The monoisotopic (exact) mass is 263 g/mol. The van der Waals surface area contributed by atoms with Crippen LogP contribution in [0.15, 0.2) is 30.3 Å². The molecule has 0 heterocycles. The van der Waals surface area contributed by atoms with Crippen molar-refractivity contribution < 1.29 is 14.6 Å². The van der Waals surface area contributed by atoms with Gasteiger partial charge in [-0.1, -0.05) is 37.5 Å². The topological polar surface area (TPSA) is 58.6 Å². The van der Waals surface area contributed by atoms with E-state index in [9.17, 15) is 9.90 Å². The van der Waals surface area contributed by atoms with Gasteiger partial charge in [-0.15, -0.1) is 0 Å². The van der Waals surface area contributed by atoms with Crippen molar-refractivity contribution in [3.05, 3.63) is 30.3 Å². The van der Waals surface area contributed by atoms with Crippen molar-refractivity contribution in [2.24, 2.45) is 0 Å². The molecule has 0 radical (unpaired) electrons. The molecule has 1 aromatic carbocycles. The van der Waals surface area contributed by atoms with Crippen LogP contribution in [-0.4, -0.2) is 23.4 Å². The number of hydrogen-bond donors (Lipinski definition) is 2. The van der Waals surface area contributed by atoms with E-state index in [0.29, 0.717) is 12.1 Å². The molecule has 0 unspecified atom stereocenters. The maximum absolute atomic E-state index is 11.8. The van der Waals surface area contributed by atoms with Crippen LogP contribution in [0.4, 0.5) is 10.5 Å². The van der Waals surface area contributed by atoms with E-state index in [0.717, 1.165) is 32.1 Å². The van der Waals surface area contributed by atoms with E-state index in [1.54, 1.807) is 12.1 Å². The van der Waals surface area contributed by atoms with Gasteiger partial charge in [-0.2, -0.15) is 0 Å². The second kappa shape index (κ2) is 7.14. The molecule has 19 heavy (non-hydrogen) atoms. The first-order chi connectivity index (χ1) is 9.25. The molecule has 0 bridgehead atoms. The summed E-state index contributed by atoms with van der Waals surface area (Å²) in [5, 5.41) is 12.7. The van der Waals surface area contributed by atoms with Crippen LogP contribution in [-0.2, 0) is 4.74 Å². The molecule has 4 nitrogen and oxygen atoms in total. The first-order valence-corrected chi connectivity index (χ1v) is 6.96. The third-order valence-electron chi connectivity index (χ3n) is 3.45. The quantitative estimate of drug-likeness (QED) is 0.860. The summed E-state index contributed by atoms with van der Waals surface area (Å²) < 4.78 is 5.34. The Kier molecular flexibility index (Phi) is 5.21. The second-order valence-corrected chi connectivity index (χ2v) is 4.99. The van der Waals surface area contributed by atoms with Crippen molar-refractivity contribution in [3.63, 3.8) is 0 Å². The zero-order valence-electron chi connectivity index (χ0n) is 11.0. The van der Waals surface area contributed by atoms with Gasteiger partial charge in [0.2, 0.25) is 0 Å². The highest BCUT2D eigenvalue weighted by atomic mass is 16.6. The van der Waals surface area contributed by atoms with Gasteiger partial charge in [0.15, 0.2) is 0 Å². The summed E-state index contributed by atoms with van der Waals surface area (Å²) in [4.78, 5) is 11.8. The van der Waals surface area contributed by atoms with Crippen molar-refractivity contribution in [1.82, 2.24) is 0 Å². The molecule has 2 atom stereocenters. The van der Waals surface area contributed by atoms with Gasteiger partial charge in [-0.3, -0.25) is 5.32 Å². The molecule has 1 aromatic rings. The van der Waals surface area contributed by atoms with Gasteiger partial charge >= 0.3 is 6.09 Å². The first kappa shape index (κ1) is 13.9. The molecule has 1 aliphatic carbocycles. The Morgan fingerprint density at radius 2 is 1.79 bits per heavy atom. The van der Waals surface area contributed by atoms with Crippen molar-refractivity contribution in [2.45, 2.75) is 50.7 Å². The van der Waals surface area contributed by atoms with Gasteiger partial charge < -0.3 is 9.84 Å². The molecule has 1 amide bonds. The van der Waals surface area contributed by atoms with E-state index < -0.39 is 12.2 Å². The maximum atomic E-state index is 11.8. The van der Waals surface area contributed by atoms with Crippen LogP contribution < -0.4 is 5.32 Å². The summed E-state index contributed by atoms with van der Waals surface area (Å²) in [5.41, 5.74) is 0.702. The molecule has 104 valence electrons.